The van der Waals surface area contributed by atoms with Crippen molar-refractivity contribution in [1.29, 1.82) is 0 Å². The van der Waals surface area contributed by atoms with Gasteiger partial charge in [0.1, 0.15) is 0 Å². The number of halogens is 2. The molecule has 2 aliphatic carbocycles. The maximum Gasteiger partial charge on any atom is 0 e. The van der Waals surface area contributed by atoms with Crippen molar-refractivity contribution in [2.24, 2.45) is 0 Å². The van der Waals surface area contributed by atoms with Crippen molar-refractivity contribution < 1.29 is 50.7 Å². The van der Waals surface area contributed by atoms with Gasteiger partial charge in [-0.05, 0) is 75.3 Å². The van der Waals surface area contributed by atoms with Crippen molar-refractivity contribution in [2.75, 3.05) is 0 Å². The molecule has 0 bridgehead atoms. The number of hydrogen-bond donors (Lipinski definition) is 0. The fraction of sp³-hybridized carbons (Fsp3) is 0.234. The standard InChI is InChI=1S/C47H45.2ClH.Hf/c1-30-17-15-22-36(31(30)2)38-23-16-24-39(38)44-41-28-34-27-35(46(3,4)5)25-26-37(34)40(41)29-42(45(44)47(6,7)8)43(32-18-11-9-12-19-32)33-20-13-10-14-21-33;;;/h9-23,25-27,29H,24H2,1-8H3;2*1H;/q-1;;;/p-2. The van der Waals surface area contributed by atoms with E-state index in [-0.39, 0.29) is 61.5 Å². The first-order valence-corrected chi connectivity index (χ1v) is 17.0. The third kappa shape index (κ3) is 7.12. The summed E-state index contributed by atoms with van der Waals surface area (Å²) < 4.78 is 0. The van der Waals surface area contributed by atoms with Crippen LogP contribution in [0.1, 0.15) is 98.0 Å². The maximum atomic E-state index is 4.02. The molecule has 0 atom stereocenters. The Kier molecular flexibility index (Phi) is 12.0. The molecule has 0 saturated heterocycles. The molecule has 0 aliphatic heterocycles. The summed E-state index contributed by atoms with van der Waals surface area (Å²) in [6, 6.07) is 38.2. The SMILES string of the molecule is Cc1cccc(C2=C(c3c(C(C)(C)C)c(=C(c4ccccc4)c4ccccc4)cc4c3=[C-]c3cc(C(C)(C)C)ccc3-4)CC=C2)c1C.[Cl-].[Cl-].[Hf]. The van der Waals surface area contributed by atoms with E-state index in [4.69, 9.17) is 0 Å². The Morgan fingerprint density at radius 1 is 0.640 bits per heavy atom. The monoisotopic (exact) mass is 859 g/mol. The normalized spacial score (nSPS) is 13.0. The van der Waals surface area contributed by atoms with E-state index in [0.29, 0.717) is 0 Å². The van der Waals surface area contributed by atoms with Crippen LogP contribution in [-0.2, 0) is 36.7 Å². The van der Waals surface area contributed by atoms with Gasteiger partial charge in [0, 0.05) is 25.8 Å². The van der Waals surface area contributed by atoms with Crippen molar-refractivity contribution in [3.05, 3.63) is 176 Å². The van der Waals surface area contributed by atoms with E-state index in [1.54, 1.807) is 0 Å². The van der Waals surface area contributed by atoms with Crippen LogP contribution in [-0.4, -0.2) is 0 Å². The van der Waals surface area contributed by atoms with Crippen LogP contribution in [0.25, 0.3) is 33.9 Å². The molecule has 0 amide bonds. The van der Waals surface area contributed by atoms with Crippen molar-refractivity contribution >= 4 is 22.8 Å². The smallest absolute Gasteiger partial charge is 0 e. The van der Waals surface area contributed by atoms with Gasteiger partial charge in [-0.25, -0.2) is 0 Å². The Labute approximate surface area is 330 Å². The van der Waals surface area contributed by atoms with Gasteiger partial charge in [0.25, 0.3) is 0 Å². The molecule has 0 nitrogen and oxygen atoms in total. The Hall–Kier alpha value is -3.23. The van der Waals surface area contributed by atoms with Crippen molar-refractivity contribution in [1.82, 2.24) is 0 Å². The average molecular weight is 859 g/mol. The van der Waals surface area contributed by atoms with Crippen LogP contribution in [0, 0.1) is 13.8 Å². The molecule has 2 aliphatic rings. The summed E-state index contributed by atoms with van der Waals surface area (Å²) in [5, 5.41) is 2.54. The summed E-state index contributed by atoms with van der Waals surface area (Å²) in [6.45, 7) is 18.5. The number of rotatable bonds is 4. The number of hydrogen-bond acceptors (Lipinski definition) is 0. The summed E-state index contributed by atoms with van der Waals surface area (Å²) in [5.74, 6) is 0. The van der Waals surface area contributed by atoms with Crippen molar-refractivity contribution in [3.8, 4) is 11.1 Å². The van der Waals surface area contributed by atoms with Crippen molar-refractivity contribution in [2.45, 2.75) is 72.6 Å². The van der Waals surface area contributed by atoms with Gasteiger partial charge in [0.2, 0.25) is 0 Å². The van der Waals surface area contributed by atoms with E-state index < -0.39 is 0 Å². The Morgan fingerprint density at radius 3 is 1.84 bits per heavy atom. The van der Waals surface area contributed by atoms with Gasteiger partial charge >= 0.3 is 0 Å². The predicted octanol–water partition coefficient (Wildman–Crippen LogP) is 4.71. The fourth-order valence-corrected chi connectivity index (χ4v) is 7.51. The van der Waals surface area contributed by atoms with Crippen LogP contribution in [0.5, 0.6) is 0 Å². The van der Waals surface area contributed by atoms with Crippen molar-refractivity contribution in [3.63, 3.8) is 0 Å². The molecule has 0 saturated carbocycles. The van der Waals surface area contributed by atoms with Crippen LogP contribution in [0.15, 0.2) is 115 Å². The van der Waals surface area contributed by atoms with Gasteiger partial charge in [0.15, 0.2) is 0 Å². The van der Waals surface area contributed by atoms with Crippen LogP contribution >= 0.6 is 0 Å². The van der Waals surface area contributed by atoms with Gasteiger partial charge in [-0.3, -0.25) is 0 Å². The van der Waals surface area contributed by atoms with E-state index in [0.717, 1.165) is 6.42 Å². The van der Waals surface area contributed by atoms with Gasteiger partial charge in [0.05, 0.1) is 0 Å². The van der Waals surface area contributed by atoms with Gasteiger partial charge in [-0.2, -0.15) is 0 Å². The largest absolute Gasteiger partial charge is 1.00 e. The van der Waals surface area contributed by atoms with Gasteiger partial charge < -0.3 is 24.8 Å². The molecular weight excluding hydrogens is 814 g/mol. The quantitative estimate of drug-likeness (QED) is 0.178. The second kappa shape index (κ2) is 15.2. The minimum atomic E-state index is -0.149. The molecule has 0 unspecified atom stereocenters. The number of fused-ring (bicyclic) bond motifs is 3. The molecule has 0 aromatic heterocycles. The Balaban J connectivity index is 0.00000187. The van der Waals surface area contributed by atoms with E-state index in [1.165, 1.54) is 88.4 Å². The second-order valence-corrected chi connectivity index (χ2v) is 15.3. The Morgan fingerprint density at radius 2 is 1.26 bits per heavy atom. The zero-order chi connectivity index (χ0) is 33.1. The fourth-order valence-electron chi connectivity index (χ4n) is 7.51. The first-order valence-electron chi connectivity index (χ1n) is 17.0. The summed E-state index contributed by atoms with van der Waals surface area (Å²) in [7, 11) is 0. The molecule has 0 N–H and O–H groups in total. The molecule has 3 heteroatoms. The molecule has 254 valence electrons. The first kappa shape index (κ1) is 39.6. The van der Waals surface area contributed by atoms with Gasteiger partial charge in [-0.15, -0.1) is 34.1 Å². The van der Waals surface area contributed by atoms with E-state index >= 15 is 0 Å². The molecule has 0 heterocycles. The summed E-state index contributed by atoms with van der Waals surface area (Å²) in [5.41, 5.74) is 18.2. The molecule has 0 fully saturated rings. The van der Waals surface area contributed by atoms with Crippen LogP contribution in [0.4, 0.5) is 0 Å². The number of aryl methyl sites for hydroxylation is 1. The first-order chi connectivity index (χ1) is 22.4. The predicted molar refractivity (Wildman–Crippen MR) is 202 cm³/mol. The van der Waals surface area contributed by atoms with E-state index in [1.807, 2.05) is 0 Å². The molecule has 50 heavy (non-hydrogen) atoms. The van der Waals surface area contributed by atoms with E-state index in [9.17, 15) is 0 Å². The zero-order valence-electron chi connectivity index (χ0n) is 30.4. The third-order valence-corrected chi connectivity index (χ3v) is 10.0. The minimum absolute atomic E-state index is 0. The average Bonchev–Trinajstić information content (AvgIpc) is 3.67. The second-order valence-electron chi connectivity index (χ2n) is 15.3. The van der Waals surface area contributed by atoms with Crippen LogP contribution in [0.3, 0.4) is 0 Å². The molecule has 7 rings (SSSR count). The molecule has 0 radical (unpaired) electrons. The van der Waals surface area contributed by atoms with Crippen LogP contribution in [0.2, 0.25) is 0 Å². The molecular formula is C47H45Cl2Hf-3. The number of allylic oxidation sites excluding steroid dienone is 4. The number of benzene rings is 5. The van der Waals surface area contributed by atoms with Crippen LogP contribution < -0.4 is 35.3 Å². The molecule has 5 aromatic rings. The molecule has 5 aromatic carbocycles. The zero-order valence-corrected chi connectivity index (χ0v) is 35.5. The van der Waals surface area contributed by atoms with Gasteiger partial charge in [-0.1, -0.05) is 173 Å². The van der Waals surface area contributed by atoms with E-state index in [2.05, 4.69) is 177 Å². The topological polar surface area (TPSA) is 0 Å². The molecule has 0 spiro atoms. The summed E-state index contributed by atoms with van der Waals surface area (Å²) in [6.07, 6.45) is 9.64. The third-order valence-electron chi connectivity index (χ3n) is 10.0. The summed E-state index contributed by atoms with van der Waals surface area (Å²) in [4.78, 5) is 0. The summed E-state index contributed by atoms with van der Waals surface area (Å²) >= 11 is 0. The Bertz CT molecular complexity index is 2180. The maximum absolute atomic E-state index is 4.02. The minimum Gasteiger partial charge on any atom is -1.00 e.